The van der Waals surface area contributed by atoms with Gasteiger partial charge in [-0.2, -0.15) is 0 Å². The van der Waals surface area contributed by atoms with E-state index in [0.29, 0.717) is 12.8 Å². The lowest BCUT2D eigenvalue weighted by Crippen LogP contribution is -2.59. The lowest BCUT2D eigenvalue weighted by Gasteiger charge is -2.47. The number of ether oxygens (including phenoxy) is 1. The van der Waals surface area contributed by atoms with Crippen molar-refractivity contribution < 1.29 is 14.6 Å². The average Bonchev–Trinajstić information content (AvgIpc) is 2.83. The van der Waals surface area contributed by atoms with E-state index in [-0.39, 0.29) is 23.5 Å². The standard InChI is InChI=1S/C16H28N2O3/c1-21-9-8-18-7-3-5-16(18)4-2-6-17(12-16)15(20)13-10-14(19)11-13/h13-14,19H,2-12H2,1H3. The van der Waals surface area contributed by atoms with Crippen LogP contribution in [0.15, 0.2) is 0 Å². The van der Waals surface area contributed by atoms with Crippen molar-refractivity contribution in [3.05, 3.63) is 0 Å². The second-order valence-corrected chi connectivity index (χ2v) is 6.99. The van der Waals surface area contributed by atoms with Gasteiger partial charge in [0.05, 0.1) is 12.7 Å². The Morgan fingerprint density at radius 3 is 2.67 bits per heavy atom. The van der Waals surface area contributed by atoms with Crippen LogP contribution in [-0.2, 0) is 9.53 Å². The van der Waals surface area contributed by atoms with Gasteiger partial charge in [-0.05, 0) is 45.1 Å². The van der Waals surface area contributed by atoms with E-state index in [1.165, 1.54) is 19.3 Å². The Morgan fingerprint density at radius 2 is 2.00 bits per heavy atom. The number of nitrogens with zero attached hydrogens (tertiary/aromatic N) is 2. The first kappa shape index (κ1) is 15.3. The van der Waals surface area contributed by atoms with Gasteiger partial charge >= 0.3 is 0 Å². The number of amides is 1. The first-order chi connectivity index (χ1) is 10.1. The molecule has 1 saturated carbocycles. The Kier molecular flexibility index (Phi) is 4.52. The third-order valence-corrected chi connectivity index (χ3v) is 5.64. The predicted octanol–water partition coefficient (Wildman–Crippen LogP) is 0.861. The van der Waals surface area contributed by atoms with Crippen LogP contribution < -0.4 is 0 Å². The number of hydrogen-bond donors (Lipinski definition) is 1. The maximum atomic E-state index is 12.6. The number of piperidine rings is 1. The highest BCUT2D eigenvalue weighted by Gasteiger charge is 2.46. The lowest BCUT2D eigenvalue weighted by molar-refractivity contribution is -0.146. The van der Waals surface area contributed by atoms with Gasteiger partial charge in [0.2, 0.25) is 5.91 Å². The molecule has 2 saturated heterocycles. The van der Waals surface area contributed by atoms with E-state index < -0.39 is 0 Å². The quantitative estimate of drug-likeness (QED) is 0.836. The van der Waals surface area contributed by atoms with Crippen LogP contribution >= 0.6 is 0 Å². The van der Waals surface area contributed by atoms with Gasteiger partial charge in [-0.25, -0.2) is 0 Å². The molecule has 1 amide bonds. The molecule has 120 valence electrons. The minimum Gasteiger partial charge on any atom is -0.393 e. The Bertz CT molecular complexity index is 384. The molecule has 0 aromatic heterocycles. The van der Waals surface area contributed by atoms with Gasteiger partial charge < -0.3 is 14.7 Å². The normalized spacial score (nSPS) is 37.0. The number of carbonyl (C=O) groups excluding carboxylic acids is 1. The fraction of sp³-hybridized carbons (Fsp3) is 0.938. The van der Waals surface area contributed by atoms with Gasteiger partial charge in [0.15, 0.2) is 0 Å². The Balaban J connectivity index is 1.62. The zero-order valence-electron chi connectivity index (χ0n) is 13.1. The topological polar surface area (TPSA) is 53.0 Å². The summed E-state index contributed by atoms with van der Waals surface area (Å²) in [5, 5.41) is 9.42. The van der Waals surface area contributed by atoms with Crippen LogP contribution in [-0.4, -0.2) is 72.4 Å². The SMILES string of the molecule is COCCN1CCCC12CCCN(C(=O)C1CC(O)C1)C2. The van der Waals surface area contributed by atoms with Crippen LogP contribution in [0.25, 0.3) is 0 Å². The number of aliphatic hydroxyl groups is 1. The Labute approximate surface area is 127 Å². The molecule has 1 unspecified atom stereocenters. The molecule has 1 N–H and O–H groups in total. The monoisotopic (exact) mass is 296 g/mol. The summed E-state index contributed by atoms with van der Waals surface area (Å²) >= 11 is 0. The van der Waals surface area contributed by atoms with Crippen LogP contribution in [0.4, 0.5) is 0 Å². The van der Waals surface area contributed by atoms with E-state index in [9.17, 15) is 9.90 Å². The Morgan fingerprint density at radius 1 is 1.29 bits per heavy atom. The largest absolute Gasteiger partial charge is 0.393 e. The van der Waals surface area contributed by atoms with E-state index >= 15 is 0 Å². The Hall–Kier alpha value is -0.650. The summed E-state index contributed by atoms with van der Waals surface area (Å²) in [4.78, 5) is 17.2. The fourth-order valence-corrected chi connectivity index (χ4v) is 4.36. The van der Waals surface area contributed by atoms with Gasteiger partial charge in [-0.15, -0.1) is 0 Å². The van der Waals surface area contributed by atoms with Gasteiger partial charge in [0, 0.05) is 38.2 Å². The van der Waals surface area contributed by atoms with E-state index in [1.54, 1.807) is 7.11 Å². The smallest absolute Gasteiger partial charge is 0.225 e. The molecule has 5 nitrogen and oxygen atoms in total. The zero-order valence-corrected chi connectivity index (χ0v) is 13.1. The summed E-state index contributed by atoms with van der Waals surface area (Å²) in [6.45, 7) is 4.64. The minimum absolute atomic E-state index is 0.0731. The van der Waals surface area contributed by atoms with Gasteiger partial charge in [0.1, 0.15) is 0 Å². The lowest BCUT2D eigenvalue weighted by atomic mass is 9.80. The van der Waals surface area contributed by atoms with E-state index in [4.69, 9.17) is 4.74 Å². The molecule has 3 rings (SSSR count). The van der Waals surface area contributed by atoms with Crippen molar-refractivity contribution in [2.45, 2.75) is 50.2 Å². The number of likely N-dealkylation sites (tertiary alicyclic amines) is 2. The van der Waals surface area contributed by atoms with Crippen molar-refractivity contribution in [1.29, 1.82) is 0 Å². The third-order valence-electron chi connectivity index (χ3n) is 5.64. The molecule has 3 aliphatic rings. The molecule has 0 bridgehead atoms. The molecular weight excluding hydrogens is 268 g/mol. The minimum atomic E-state index is -0.248. The first-order valence-corrected chi connectivity index (χ1v) is 8.35. The summed E-state index contributed by atoms with van der Waals surface area (Å²) in [5.74, 6) is 0.349. The van der Waals surface area contributed by atoms with Crippen molar-refractivity contribution in [2.24, 2.45) is 5.92 Å². The molecule has 1 atom stereocenters. The molecule has 2 aliphatic heterocycles. The van der Waals surface area contributed by atoms with Crippen LogP contribution in [0.5, 0.6) is 0 Å². The molecule has 1 spiro atoms. The predicted molar refractivity (Wildman–Crippen MR) is 80.0 cm³/mol. The fourth-order valence-electron chi connectivity index (χ4n) is 4.36. The molecule has 2 heterocycles. The zero-order chi connectivity index (χ0) is 14.9. The summed E-state index contributed by atoms with van der Waals surface area (Å²) in [5.41, 5.74) is 0.189. The number of aliphatic hydroxyl groups excluding tert-OH is 1. The number of carbonyl (C=O) groups is 1. The van der Waals surface area contributed by atoms with Crippen molar-refractivity contribution in [3.63, 3.8) is 0 Å². The third kappa shape index (κ3) is 2.96. The van der Waals surface area contributed by atoms with Crippen molar-refractivity contribution in [2.75, 3.05) is 39.9 Å². The van der Waals surface area contributed by atoms with Crippen LogP contribution in [0.3, 0.4) is 0 Å². The summed E-state index contributed by atoms with van der Waals surface area (Å²) < 4.78 is 5.24. The molecule has 21 heavy (non-hydrogen) atoms. The van der Waals surface area contributed by atoms with Crippen LogP contribution in [0.2, 0.25) is 0 Å². The number of rotatable bonds is 4. The number of methoxy groups -OCH3 is 1. The number of hydrogen-bond acceptors (Lipinski definition) is 4. The molecule has 0 radical (unpaired) electrons. The van der Waals surface area contributed by atoms with Gasteiger partial charge in [-0.3, -0.25) is 9.69 Å². The van der Waals surface area contributed by atoms with E-state index in [2.05, 4.69) is 9.80 Å². The highest BCUT2D eigenvalue weighted by molar-refractivity contribution is 5.80. The summed E-state index contributed by atoms with van der Waals surface area (Å²) in [6.07, 6.45) is 5.81. The van der Waals surface area contributed by atoms with Gasteiger partial charge in [-0.1, -0.05) is 0 Å². The molecule has 5 heteroatoms. The maximum Gasteiger partial charge on any atom is 0.225 e. The molecular formula is C16H28N2O3. The second kappa shape index (κ2) is 6.23. The van der Waals surface area contributed by atoms with E-state index in [1.807, 2.05) is 0 Å². The maximum absolute atomic E-state index is 12.6. The molecule has 0 aromatic carbocycles. The van der Waals surface area contributed by atoms with Crippen LogP contribution in [0.1, 0.15) is 38.5 Å². The molecule has 0 aromatic rings. The van der Waals surface area contributed by atoms with Crippen molar-refractivity contribution in [1.82, 2.24) is 9.80 Å². The summed E-state index contributed by atoms with van der Waals surface area (Å²) in [7, 11) is 1.75. The van der Waals surface area contributed by atoms with Crippen molar-refractivity contribution >= 4 is 5.91 Å². The first-order valence-electron chi connectivity index (χ1n) is 8.35. The molecule has 1 aliphatic carbocycles. The van der Waals surface area contributed by atoms with Gasteiger partial charge in [0.25, 0.3) is 0 Å². The highest BCUT2D eigenvalue weighted by Crippen LogP contribution is 2.38. The second-order valence-electron chi connectivity index (χ2n) is 6.99. The molecule has 3 fully saturated rings. The van der Waals surface area contributed by atoms with Crippen molar-refractivity contribution in [3.8, 4) is 0 Å². The van der Waals surface area contributed by atoms with Crippen LogP contribution in [0, 0.1) is 5.92 Å². The summed E-state index contributed by atoms with van der Waals surface area (Å²) in [6, 6.07) is 0. The average molecular weight is 296 g/mol. The highest BCUT2D eigenvalue weighted by atomic mass is 16.5. The van der Waals surface area contributed by atoms with E-state index in [0.717, 1.165) is 39.2 Å².